The molecule has 20 heavy (non-hydrogen) atoms. The van der Waals surface area contributed by atoms with Crippen LogP contribution < -0.4 is 5.53 Å². The van der Waals surface area contributed by atoms with Crippen LogP contribution in [0.1, 0.15) is 0 Å². The Balaban J connectivity index is 2.05. The SMILES string of the molecule is [N]=Nc1cc[c]cc1/N=N/c1cccc2ccccc12. The number of rotatable bonds is 3. The van der Waals surface area contributed by atoms with E-state index in [9.17, 15) is 0 Å². The minimum atomic E-state index is 0.368. The zero-order valence-electron chi connectivity index (χ0n) is 10.6. The van der Waals surface area contributed by atoms with Gasteiger partial charge in [0.25, 0.3) is 0 Å². The van der Waals surface area contributed by atoms with Gasteiger partial charge in [-0.15, -0.1) is 15.3 Å². The fourth-order valence-corrected chi connectivity index (χ4v) is 1.98. The van der Waals surface area contributed by atoms with Crippen LogP contribution >= 0.6 is 0 Å². The van der Waals surface area contributed by atoms with E-state index in [-0.39, 0.29) is 0 Å². The van der Waals surface area contributed by atoms with Gasteiger partial charge in [-0.1, -0.05) is 42.5 Å². The highest BCUT2D eigenvalue weighted by atomic mass is 15.1. The minimum absolute atomic E-state index is 0.368. The highest BCUT2D eigenvalue weighted by Crippen LogP contribution is 2.31. The van der Waals surface area contributed by atoms with Crippen molar-refractivity contribution in [1.29, 1.82) is 0 Å². The van der Waals surface area contributed by atoms with Crippen LogP contribution in [0.25, 0.3) is 10.8 Å². The molecule has 3 aromatic rings. The van der Waals surface area contributed by atoms with Crippen LogP contribution in [0.5, 0.6) is 0 Å². The molecule has 0 spiro atoms. The molecule has 0 unspecified atom stereocenters. The molecule has 0 bridgehead atoms. The summed E-state index contributed by atoms with van der Waals surface area (Å²) in [6.07, 6.45) is 0. The summed E-state index contributed by atoms with van der Waals surface area (Å²) in [5.41, 5.74) is 10.5. The molecule has 3 rings (SSSR count). The Hall–Kier alpha value is -2.88. The lowest BCUT2D eigenvalue weighted by Gasteiger charge is -2.00. The molecule has 0 aromatic heterocycles. The molecule has 0 amide bonds. The zero-order valence-corrected chi connectivity index (χ0v) is 10.6. The second-order valence-corrected chi connectivity index (χ2v) is 4.21. The summed E-state index contributed by atoms with van der Waals surface area (Å²) in [7, 11) is 0. The molecule has 0 aliphatic carbocycles. The van der Waals surface area contributed by atoms with E-state index >= 15 is 0 Å². The van der Waals surface area contributed by atoms with E-state index in [1.165, 1.54) is 0 Å². The van der Waals surface area contributed by atoms with Gasteiger partial charge in [0.05, 0.1) is 5.69 Å². The molecule has 0 saturated carbocycles. The summed E-state index contributed by atoms with van der Waals surface area (Å²) in [6.45, 7) is 0. The summed E-state index contributed by atoms with van der Waals surface area (Å²) in [5, 5.41) is 13.7. The lowest BCUT2D eigenvalue weighted by Crippen LogP contribution is -1.72. The number of azo groups is 1. The van der Waals surface area contributed by atoms with E-state index in [2.05, 4.69) is 21.4 Å². The fraction of sp³-hybridized carbons (Fsp3) is 0. The zero-order chi connectivity index (χ0) is 13.8. The number of fused-ring (bicyclic) bond motifs is 1. The van der Waals surface area contributed by atoms with Gasteiger partial charge in [0.2, 0.25) is 0 Å². The van der Waals surface area contributed by atoms with Gasteiger partial charge in [-0.05, 0) is 35.2 Å². The maximum Gasteiger partial charge on any atom is 0.115 e. The summed E-state index contributed by atoms with van der Waals surface area (Å²) in [5.74, 6) is 0. The quantitative estimate of drug-likeness (QED) is 0.597. The van der Waals surface area contributed by atoms with Gasteiger partial charge < -0.3 is 0 Å². The van der Waals surface area contributed by atoms with Crippen LogP contribution in [0.2, 0.25) is 0 Å². The molecule has 2 radical (unpaired) electrons. The predicted molar refractivity (Wildman–Crippen MR) is 77.6 cm³/mol. The number of nitrogens with zero attached hydrogens (tertiary/aromatic N) is 4. The van der Waals surface area contributed by atoms with Crippen molar-refractivity contribution in [3.63, 3.8) is 0 Å². The van der Waals surface area contributed by atoms with Crippen LogP contribution in [0.3, 0.4) is 0 Å². The standard InChI is InChI=1S/C16H10N4/c17-18-15-9-3-4-10-16(15)20-19-14-11-5-7-12-6-1-2-8-13(12)14/h1-3,5-11H/b20-19+. The van der Waals surface area contributed by atoms with Gasteiger partial charge in [0.1, 0.15) is 11.4 Å². The first kappa shape index (κ1) is 12.2. The Morgan fingerprint density at radius 1 is 0.800 bits per heavy atom. The van der Waals surface area contributed by atoms with Crippen LogP contribution in [0.4, 0.5) is 17.1 Å². The first-order valence-electron chi connectivity index (χ1n) is 6.13. The van der Waals surface area contributed by atoms with Crippen LogP contribution in [-0.2, 0) is 0 Å². The van der Waals surface area contributed by atoms with Crippen molar-refractivity contribution in [2.45, 2.75) is 0 Å². The molecule has 0 atom stereocenters. The molecule has 0 N–H and O–H groups in total. The summed E-state index contributed by atoms with van der Waals surface area (Å²) in [4.78, 5) is 0. The van der Waals surface area contributed by atoms with Gasteiger partial charge in [-0.25, -0.2) is 0 Å². The largest absolute Gasteiger partial charge is 0.150 e. The number of hydrogen-bond donors (Lipinski definition) is 0. The third-order valence-electron chi connectivity index (χ3n) is 2.96. The van der Waals surface area contributed by atoms with Crippen molar-refractivity contribution in [3.8, 4) is 0 Å². The first-order valence-corrected chi connectivity index (χ1v) is 6.13. The molecule has 0 aliphatic heterocycles. The Labute approximate surface area is 116 Å². The van der Waals surface area contributed by atoms with Gasteiger partial charge in [0.15, 0.2) is 0 Å². The molecule has 4 nitrogen and oxygen atoms in total. The molecule has 94 valence electrons. The topological polar surface area (TPSA) is 59.4 Å². The molecule has 0 saturated heterocycles. The molecule has 3 aromatic carbocycles. The van der Waals surface area contributed by atoms with Gasteiger partial charge >= 0.3 is 0 Å². The second-order valence-electron chi connectivity index (χ2n) is 4.21. The van der Waals surface area contributed by atoms with Crippen molar-refractivity contribution in [2.24, 2.45) is 15.3 Å². The van der Waals surface area contributed by atoms with Gasteiger partial charge in [-0.2, -0.15) is 0 Å². The number of hydrogen-bond acceptors (Lipinski definition) is 3. The van der Waals surface area contributed by atoms with Crippen molar-refractivity contribution in [2.75, 3.05) is 0 Å². The monoisotopic (exact) mass is 258 g/mol. The van der Waals surface area contributed by atoms with Crippen LogP contribution in [-0.4, -0.2) is 0 Å². The summed E-state index contributed by atoms with van der Waals surface area (Å²) >= 11 is 0. The smallest absolute Gasteiger partial charge is 0.115 e. The lowest BCUT2D eigenvalue weighted by molar-refractivity contribution is 1.21. The molecule has 0 heterocycles. The van der Waals surface area contributed by atoms with E-state index in [1.807, 2.05) is 42.5 Å². The van der Waals surface area contributed by atoms with E-state index in [0.717, 1.165) is 16.5 Å². The van der Waals surface area contributed by atoms with Crippen molar-refractivity contribution in [1.82, 2.24) is 5.53 Å². The van der Waals surface area contributed by atoms with Crippen molar-refractivity contribution in [3.05, 3.63) is 66.7 Å². The van der Waals surface area contributed by atoms with Gasteiger partial charge in [-0.3, -0.25) is 0 Å². The van der Waals surface area contributed by atoms with E-state index in [1.54, 1.807) is 18.2 Å². The van der Waals surface area contributed by atoms with E-state index in [0.29, 0.717) is 11.4 Å². The second kappa shape index (κ2) is 5.40. The predicted octanol–water partition coefficient (Wildman–Crippen LogP) is 4.94. The summed E-state index contributed by atoms with van der Waals surface area (Å²) < 4.78 is 0. The molecular formula is C16H10N4. The van der Waals surface area contributed by atoms with Crippen LogP contribution in [0, 0.1) is 6.07 Å². The van der Waals surface area contributed by atoms with Crippen LogP contribution in [0.15, 0.2) is 76.0 Å². The summed E-state index contributed by atoms with van der Waals surface area (Å²) in [6, 6.07) is 21.6. The maximum absolute atomic E-state index is 8.90. The maximum atomic E-state index is 8.90. The average Bonchev–Trinajstić information content (AvgIpc) is 2.53. The molecular weight excluding hydrogens is 248 g/mol. The lowest BCUT2D eigenvalue weighted by atomic mass is 10.1. The molecule has 0 fully saturated rings. The first-order chi connectivity index (χ1) is 9.88. The molecule has 4 heteroatoms. The third kappa shape index (κ3) is 2.31. The Morgan fingerprint density at radius 3 is 2.50 bits per heavy atom. The molecule has 0 aliphatic rings. The van der Waals surface area contributed by atoms with E-state index < -0.39 is 0 Å². The highest BCUT2D eigenvalue weighted by Gasteiger charge is 2.01. The number of benzene rings is 3. The Kier molecular flexibility index (Phi) is 3.29. The van der Waals surface area contributed by atoms with Crippen molar-refractivity contribution < 1.29 is 0 Å². The van der Waals surface area contributed by atoms with E-state index in [4.69, 9.17) is 5.53 Å². The fourth-order valence-electron chi connectivity index (χ4n) is 1.98. The van der Waals surface area contributed by atoms with Gasteiger partial charge in [0, 0.05) is 5.39 Å². The normalized spacial score (nSPS) is 11.0. The average molecular weight is 258 g/mol. The minimum Gasteiger partial charge on any atom is -0.150 e. The third-order valence-corrected chi connectivity index (χ3v) is 2.96. The highest BCUT2D eigenvalue weighted by molar-refractivity contribution is 5.92. The van der Waals surface area contributed by atoms with Crippen molar-refractivity contribution >= 4 is 27.8 Å². The Morgan fingerprint density at radius 2 is 1.60 bits per heavy atom. The Bertz CT molecular complexity index is 788.